The Labute approximate surface area is 191 Å². The first-order chi connectivity index (χ1) is 14.8. The summed E-state index contributed by atoms with van der Waals surface area (Å²) < 4.78 is 7.06. The van der Waals surface area contributed by atoms with Gasteiger partial charge in [-0.1, -0.05) is 35.3 Å². The highest BCUT2D eigenvalue weighted by atomic mass is 35.5. The van der Waals surface area contributed by atoms with Gasteiger partial charge in [0.2, 0.25) is 0 Å². The number of fused-ring (bicyclic) bond motifs is 1. The SMILES string of the molecule is Cc1nn(-c2ccccc2Cl)c2sc(C(=O)OC(C)C(=O)Nc3cccnc3Cl)cc12. The summed E-state index contributed by atoms with van der Waals surface area (Å²) in [6.07, 6.45) is 0.476. The molecule has 0 saturated heterocycles. The van der Waals surface area contributed by atoms with Crippen LogP contribution in [0, 0.1) is 6.92 Å². The van der Waals surface area contributed by atoms with E-state index in [-0.39, 0.29) is 5.15 Å². The number of carbonyl (C=O) groups excluding carboxylic acids is 2. The lowest BCUT2D eigenvalue weighted by atomic mass is 10.3. The molecule has 158 valence electrons. The van der Waals surface area contributed by atoms with Crippen molar-refractivity contribution in [3.8, 4) is 5.69 Å². The van der Waals surface area contributed by atoms with Crippen LogP contribution in [0.5, 0.6) is 0 Å². The number of rotatable bonds is 5. The number of para-hydroxylation sites is 1. The fourth-order valence-corrected chi connectivity index (χ4v) is 4.36. The summed E-state index contributed by atoms with van der Waals surface area (Å²) in [5.74, 6) is -1.12. The Morgan fingerprint density at radius 1 is 1.19 bits per heavy atom. The molecule has 0 bridgehead atoms. The Bertz CT molecular complexity index is 1300. The molecule has 0 aliphatic rings. The zero-order chi connectivity index (χ0) is 22.1. The van der Waals surface area contributed by atoms with Crippen LogP contribution < -0.4 is 5.32 Å². The van der Waals surface area contributed by atoms with Crippen LogP contribution >= 0.6 is 34.5 Å². The lowest BCUT2D eigenvalue weighted by Crippen LogP contribution is -2.29. The Balaban J connectivity index is 1.54. The zero-order valence-corrected chi connectivity index (χ0v) is 18.8. The molecule has 1 N–H and O–H groups in total. The third-order valence-electron chi connectivity index (χ3n) is 4.50. The van der Waals surface area contributed by atoms with E-state index < -0.39 is 18.0 Å². The molecule has 0 saturated carbocycles. The van der Waals surface area contributed by atoms with E-state index in [4.69, 9.17) is 27.9 Å². The van der Waals surface area contributed by atoms with E-state index in [1.807, 2.05) is 25.1 Å². The smallest absolute Gasteiger partial charge is 0.349 e. The largest absolute Gasteiger partial charge is 0.448 e. The number of anilines is 1. The van der Waals surface area contributed by atoms with Crippen molar-refractivity contribution in [3.05, 3.63) is 69.4 Å². The van der Waals surface area contributed by atoms with Crippen molar-refractivity contribution in [2.24, 2.45) is 0 Å². The molecule has 3 heterocycles. The molecule has 4 aromatic rings. The second-order valence-electron chi connectivity index (χ2n) is 6.66. The van der Waals surface area contributed by atoms with Crippen molar-refractivity contribution in [3.63, 3.8) is 0 Å². The second kappa shape index (κ2) is 8.66. The van der Waals surface area contributed by atoms with Gasteiger partial charge in [-0.3, -0.25) is 4.79 Å². The van der Waals surface area contributed by atoms with Crippen LogP contribution in [0.4, 0.5) is 5.69 Å². The number of aromatic nitrogens is 3. The summed E-state index contributed by atoms with van der Waals surface area (Å²) in [7, 11) is 0. The molecule has 4 rings (SSSR count). The van der Waals surface area contributed by atoms with Crippen molar-refractivity contribution in [2.45, 2.75) is 20.0 Å². The number of hydrogen-bond acceptors (Lipinski definition) is 6. The van der Waals surface area contributed by atoms with Crippen molar-refractivity contribution in [2.75, 3.05) is 5.32 Å². The van der Waals surface area contributed by atoms with Gasteiger partial charge in [-0.2, -0.15) is 5.10 Å². The summed E-state index contributed by atoms with van der Waals surface area (Å²) in [4.78, 5) is 30.1. The fraction of sp³-hybridized carbons (Fsp3) is 0.143. The molecule has 0 aliphatic heterocycles. The number of halogens is 2. The van der Waals surface area contributed by atoms with Gasteiger partial charge in [0.15, 0.2) is 11.3 Å². The molecule has 0 fully saturated rings. The summed E-state index contributed by atoms with van der Waals surface area (Å²) in [6, 6.07) is 12.3. The molecule has 1 unspecified atom stereocenters. The van der Waals surface area contributed by atoms with Crippen molar-refractivity contribution >= 4 is 62.3 Å². The number of benzene rings is 1. The standard InChI is InChI=1S/C21H16Cl2N4O3S/c1-11-13-10-17(31-20(13)27(26-11)16-8-4-3-6-14(16)22)21(29)30-12(2)19(28)25-15-7-5-9-24-18(15)23/h3-10,12H,1-2H3,(H,25,28). The number of aryl methyl sites for hydroxylation is 1. The first kappa shape index (κ1) is 21.3. The molecule has 7 nitrogen and oxygen atoms in total. The van der Waals surface area contributed by atoms with Gasteiger partial charge < -0.3 is 10.1 Å². The van der Waals surface area contributed by atoms with Gasteiger partial charge >= 0.3 is 5.97 Å². The maximum Gasteiger partial charge on any atom is 0.349 e. The average Bonchev–Trinajstić information content (AvgIpc) is 3.31. The Morgan fingerprint density at radius 2 is 1.97 bits per heavy atom. The number of thiophene rings is 1. The van der Waals surface area contributed by atoms with Crippen molar-refractivity contribution in [1.29, 1.82) is 0 Å². The number of esters is 1. The average molecular weight is 475 g/mol. The summed E-state index contributed by atoms with van der Waals surface area (Å²) in [6.45, 7) is 3.34. The Morgan fingerprint density at radius 3 is 2.71 bits per heavy atom. The van der Waals surface area contributed by atoms with Crippen LogP contribution in [0.1, 0.15) is 22.3 Å². The first-order valence-corrected chi connectivity index (χ1v) is 10.8. The highest BCUT2D eigenvalue weighted by molar-refractivity contribution is 7.20. The summed E-state index contributed by atoms with van der Waals surface area (Å²) in [5, 5.41) is 8.64. The van der Waals surface area contributed by atoms with Crippen molar-refractivity contribution < 1.29 is 14.3 Å². The quantitative estimate of drug-likeness (QED) is 0.314. The highest BCUT2D eigenvalue weighted by Crippen LogP contribution is 2.33. The number of nitrogens with zero attached hydrogens (tertiary/aromatic N) is 3. The minimum Gasteiger partial charge on any atom is -0.448 e. The van der Waals surface area contributed by atoms with Gasteiger partial charge in [-0.05, 0) is 44.2 Å². The van der Waals surface area contributed by atoms with Gasteiger partial charge in [0.25, 0.3) is 5.91 Å². The van der Waals surface area contributed by atoms with Gasteiger partial charge in [-0.25, -0.2) is 14.5 Å². The Kier molecular flexibility index (Phi) is 5.95. The van der Waals surface area contributed by atoms with Crippen LogP contribution in [-0.4, -0.2) is 32.7 Å². The van der Waals surface area contributed by atoms with Crippen LogP contribution in [0.3, 0.4) is 0 Å². The molecule has 3 aromatic heterocycles. The monoisotopic (exact) mass is 474 g/mol. The van der Waals surface area contributed by atoms with E-state index in [1.54, 1.807) is 28.9 Å². The van der Waals surface area contributed by atoms with E-state index in [0.29, 0.717) is 21.3 Å². The van der Waals surface area contributed by atoms with Gasteiger partial charge in [0.1, 0.15) is 9.71 Å². The molecule has 0 aliphatic carbocycles. The van der Waals surface area contributed by atoms with E-state index in [1.165, 1.54) is 24.5 Å². The number of nitrogens with one attached hydrogen (secondary N) is 1. The van der Waals surface area contributed by atoms with E-state index >= 15 is 0 Å². The normalized spacial score (nSPS) is 12.0. The predicted molar refractivity (Wildman–Crippen MR) is 121 cm³/mol. The van der Waals surface area contributed by atoms with Gasteiger partial charge in [0, 0.05) is 11.6 Å². The molecular weight excluding hydrogens is 459 g/mol. The molecule has 0 radical (unpaired) electrons. The Hall–Kier alpha value is -2.94. The first-order valence-electron chi connectivity index (χ1n) is 9.21. The van der Waals surface area contributed by atoms with E-state index in [0.717, 1.165) is 15.9 Å². The molecule has 0 spiro atoms. The summed E-state index contributed by atoms with van der Waals surface area (Å²) >= 11 is 13.5. The lowest BCUT2D eigenvalue weighted by molar-refractivity contribution is -0.123. The zero-order valence-electron chi connectivity index (χ0n) is 16.4. The summed E-state index contributed by atoms with van der Waals surface area (Å²) in [5.41, 5.74) is 1.81. The molecular formula is C21H16Cl2N4O3S. The minimum absolute atomic E-state index is 0.151. The number of amides is 1. The van der Waals surface area contributed by atoms with E-state index in [9.17, 15) is 9.59 Å². The topological polar surface area (TPSA) is 86.1 Å². The predicted octanol–water partition coefficient (Wildman–Crippen LogP) is 5.28. The maximum atomic E-state index is 12.7. The molecule has 1 aromatic carbocycles. The molecule has 1 amide bonds. The van der Waals surface area contributed by atoms with Crippen LogP contribution in [0.2, 0.25) is 10.2 Å². The number of pyridine rings is 1. The van der Waals surface area contributed by atoms with Gasteiger partial charge in [-0.15, -0.1) is 11.3 Å². The molecule has 10 heteroatoms. The van der Waals surface area contributed by atoms with Crippen LogP contribution in [0.15, 0.2) is 48.7 Å². The van der Waals surface area contributed by atoms with Crippen LogP contribution in [-0.2, 0) is 9.53 Å². The highest BCUT2D eigenvalue weighted by Gasteiger charge is 2.23. The lowest BCUT2D eigenvalue weighted by Gasteiger charge is -2.13. The van der Waals surface area contributed by atoms with Crippen molar-refractivity contribution in [1.82, 2.24) is 14.8 Å². The maximum absolute atomic E-state index is 12.7. The second-order valence-corrected chi connectivity index (χ2v) is 8.45. The number of ether oxygens (including phenoxy) is 1. The minimum atomic E-state index is -1.03. The third kappa shape index (κ3) is 4.27. The number of carbonyl (C=O) groups is 2. The number of hydrogen-bond donors (Lipinski definition) is 1. The van der Waals surface area contributed by atoms with E-state index in [2.05, 4.69) is 15.4 Å². The molecule has 1 atom stereocenters. The fourth-order valence-electron chi connectivity index (χ4n) is 2.92. The van der Waals surface area contributed by atoms with Crippen LogP contribution in [0.25, 0.3) is 15.9 Å². The van der Waals surface area contributed by atoms with Gasteiger partial charge in [0.05, 0.1) is 22.1 Å². The third-order valence-corrected chi connectivity index (χ3v) is 6.21. The molecule has 31 heavy (non-hydrogen) atoms.